The number of carbonyl (C=O) groups excluding carboxylic acids is 1. The van der Waals surface area contributed by atoms with Crippen LogP contribution in [-0.2, 0) is 20.4 Å². The predicted octanol–water partition coefficient (Wildman–Crippen LogP) is 3.52. The van der Waals surface area contributed by atoms with Crippen LogP contribution >= 0.6 is 0 Å². The third kappa shape index (κ3) is 5.88. The zero-order chi connectivity index (χ0) is 19.5. The first-order valence-electron chi connectivity index (χ1n) is 8.41. The van der Waals surface area contributed by atoms with E-state index in [9.17, 15) is 23.1 Å². The number of hydrogen-bond acceptors (Lipinski definition) is 5. The van der Waals surface area contributed by atoms with Crippen LogP contribution in [0.4, 0.5) is 13.2 Å². The molecule has 0 spiro atoms. The molecule has 0 bridgehead atoms. The number of esters is 1. The van der Waals surface area contributed by atoms with Gasteiger partial charge < -0.3 is 14.6 Å². The molecule has 0 saturated carbocycles. The van der Waals surface area contributed by atoms with E-state index < -0.39 is 29.2 Å². The van der Waals surface area contributed by atoms with Crippen molar-refractivity contribution >= 4 is 5.97 Å². The van der Waals surface area contributed by atoms with E-state index >= 15 is 0 Å². The van der Waals surface area contributed by atoms with Gasteiger partial charge >= 0.3 is 12.1 Å². The molecule has 0 aromatic heterocycles. The highest BCUT2D eigenvalue weighted by molar-refractivity contribution is 5.70. The molecule has 1 saturated heterocycles. The minimum atomic E-state index is -4.63. The summed E-state index contributed by atoms with van der Waals surface area (Å²) >= 11 is 0. The van der Waals surface area contributed by atoms with Crippen LogP contribution in [0.15, 0.2) is 18.2 Å². The molecule has 1 aliphatic rings. The van der Waals surface area contributed by atoms with Crippen molar-refractivity contribution in [2.75, 3.05) is 26.2 Å². The Bertz CT molecular complexity index is 640. The van der Waals surface area contributed by atoms with E-state index in [1.807, 2.05) is 4.90 Å². The lowest BCUT2D eigenvalue weighted by atomic mass is 10.0. The second-order valence-corrected chi connectivity index (χ2v) is 7.27. The molecule has 8 heteroatoms. The summed E-state index contributed by atoms with van der Waals surface area (Å²) in [5, 5.41) is 9.44. The summed E-state index contributed by atoms with van der Waals surface area (Å²) in [6.45, 7) is 7.12. The number of phenols is 1. The van der Waals surface area contributed by atoms with Gasteiger partial charge in [0.15, 0.2) is 0 Å². The molecule has 1 N–H and O–H groups in total. The van der Waals surface area contributed by atoms with Gasteiger partial charge in [-0.1, -0.05) is 6.07 Å². The van der Waals surface area contributed by atoms with E-state index in [0.717, 1.165) is 12.1 Å². The van der Waals surface area contributed by atoms with Crippen molar-refractivity contribution in [2.45, 2.75) is 45.1 Å². The molecule has 146 valence electrons. The van der Waals surface area contributed by atoms with Crippen molar-refractivity contribution in [3.63, 3.8) is 0 Å². The summed E-state index contributed by atoms with van der Waals surface area (Å²) in [6, 6.07) is 3.37. The quantitative estimate of drug-likeness (QED) is 0.816. The molecule has 1 aromatic rings. The summed E-state index contributed by atoms with van der Waals surface area (Å²) in [6.07, 6.45) is -4.98. The van der Waals surface area contributed by atoms with Crippen LogP contribution in [0, 0.1) is 0 Å². The van der Waals surface area contributed by atoms with Crippen molar-refractivity contribution in [3.05, 3.63) is 29.3 Å². The van der Waals surface area contributed by atoms with Crippen molar-refractivity contribution in [1.29, 1.82) is 0 Å². The average molecular weight is 375 g/mol. The molecule has 2 rings (SSSR count). The molecule has 1 fully saturated rings. The summed E-state index contributed by atoms with van der Waals surface area (Å²) in [4.78, 5) is 13.8. The summed E-state index contributed by atoms with van der Waals surface area (Å²) < 4.78 is 49.7. The number of alkyl halides is 3. The van der Waals surface area contributed by atoms with Gasteiger partial charge in [-0.2, -0.15) is 13.2 Å². The predicted molar refractivity (Wildman–Crippen MR) is 88.7 cm³/mol. The zero-order valence-electron chi connectivity index (χ0n) is 15.1. The molecular formula is C18H24F3NO4. The largest absolute Gasteiger partial charge is 0.507 e. The fourth-order valence-electron chi connectivity index (χ4n) is 2.73. The van der Waals surface area contributed by atoms with Crippen LogP contribution in [0.5, 0.6) is 5.75 Å². The van der Waals surface area contributed by atoms with E-state index in [1.54, 1.807) is 20.8 Å². The van der Waals surface area contributed by atoms with Crippen molar-refractivity contribution < 1.29 is 32.5 Å². The number of morpholine rings is 1. The number of hydrogen-bond donors (Lipinski definition) is 1. The molecule has 0 aliphatic carbocycles. The van der Waals surface area contributed by atoms with Gasteiger partial charge in [0.05, 0.1) is 24.7 Å². The third-order valence-electron chi connectivity index (χ3n) is 3.90. The molecular weight excluding hydrogens is 351 g/mol. The van der Waals surface area contributed by atoms with Gasteiger partial charge in [-0.25, -0.2) is 0 Å². The van der Waals surface area contributed by atoms with E-state index in [1.165, 1.54) is 6.07 Å². The third-order valence-corrected chi connectivity index (χ3v) is 3.90. The highest BCUT2D eigenvalue weighted by Gasteiger charge is 2.35. The van der Waals surface area contributed by atoms with E-state index in [0.29, 0.717) is 31.8 Å². The van der Waals surface area contributed by atoms with Crippen LogP contribution in [0.1, 0.15) is 44.4 Å². The maximum Gasteiger partial charge on any atom is 0.419 e. The number of phenolic OH excluding ortho intramolecular Hbond substituents is 1. The first-order chi connectivity index (χ1) is 12.0. The van der Waals surface area contributed by atoms with Gasteiger partial charge in [0.25, 0.3) is 0 Å². The zero-order valence-corrected chi connectivity index (χ0v) is 15.1. The maximum atomic E-state index is 13.0. The van der Waals surface area contributed by atoms with Crippen molar-refractivity contribution in [1.82, 2.24) is 4.90 Å². The summed E-state index contributed by atoms with van der Waals surface area (Å²) in [5.41, 5.74) is -1.29. The molecule has 1 aromatic carbocycles. The Morgan fingerprint density at radius 2 is 2.04 bits per heavy atom. The lowest BCUT2D eigenvalue weighted by Gasteiger charge is -2.33. The van der Waals surface area contributed by atoms with Crippen molar-refractivity contribution in [2.24, 2.45) is 0 Å². The number of benzene rings is 1. The van der Waals surface area contributed by atoms with Gasteiger partial charge in [-0.05, 0) is 38.5 Å². The fraction of sp³-hybridized carbons (Fsp3) is 0.611. The molecule has 26 heavy (non-hydrogen) atoms. The first-order valence-corrected chi connectivity index (χ1v) is 8.41. The van der Waals surface area contributed by atoms with Crippen LogP contribution in [-0.4, -0.2) is 47.8 Å². The smallest absolute Gasteiger partial charge is 0.419 e. The minimum Gasteiger partial charge on any atom is -0.507 e. The number of aromatic hydroxyl groups is 1. The van der Waals surface area contributed by atoms with Gasteiger partial charge in [-0.15, -0.1) is 0 Å². The lowest BCUT2D eigenvalue weighted by molar-refractivity contribution is -0.155. The number of ether oxygens (including phenoxy) is 2. The second kappa shape index (κ2) is 7.84. The highest BCUT2D eigenvalue weighted by Crippen LogP contribution is 2.37. The number of carbonyl (C=O) groups is 1. The highest BCUT2D eigenvalue weighted by atomic mass is 19.4. The Kier molecular flexibility index (Phi) is 6.18. The molecule has 0 amide bonds. The SMILES string of the molecule is CC(C)(C)OC(=O)CCN1CCOC(c2ccc(O)c(C(F)(F)F)c2)C1. The minimum absolute atomic E-state index is 0.202. The lowest BCUT2D eigenvalue weighted by Crippen LogP contribution is -2.40. The number of rotatable bonds is 4. The molecule has 1 aliphatic heterocycles. The molecule has 5 nitrogen and oxygen atoms in total. The van der Waals surface area contributed by atoms with E-state index in [2.05, 4.69) is 0 Å². The maximum absolute atomic E-state index is 13.0. The van der Waals surface area contributed by atoms with E-state index in [-0.39, 0.29) is 12.4 Å². The fourth-order valence-corrected chi connectivity index (χ4v) is 2.73. The van der Waals surface area contributed by atoms with Gasteiger partial charge in [0, 0.05) is 19.6 Å². The normalized spacial score (nSPS) is 19.4. The monoisotopic (exact) mass is 375 g/mol. The standard InChI is InChI=1S/C18H24F3NO4/c1-17(2,3)26-16(24)6-7-22-8-9-25-15(11-22)12-4-5-14(23)13(10-12)18(19,20)21/h4-5,10,15,23H,6-9,11H2,1-3H3. The summed E-state index contributed by atoms with van der Waals surface area (Å²) in [5.74, 6) is -1.12. The average Bonchev–Trinajstić information content (AvgIpc) is 2.51. The molecule has 1 unspecified atom stereocenters. The van der Waals surface area contributed by atoms with Gasteiger partial charge in [-0.3, -0.25) is 9.69 Å². The van der Waals surface area contributed by atoms with Crippen LogP contribution in [0.2, 0.25) is 0 Å². The van der Waals surface area contributed by atoms with Crippen LogP contribution < -0.4 is 0 Å². The Balaban J connectivity index is 1.99. The number of nitrogens with zero attached hydrogens (tertiary/aromatic N) is 1. The van der Waals surface area contributed by atoms with Crippen LogP contribution in [0.3, 0.4) is 0 Å². The molecule has 1 heterocycles. The topological polar surface area (TPSA) is 59.0 Å². The second-order valence-electron chi connectivity index (χ2n) is 7.27. The van der Waals surface area contributed by atoms with E-state index in [4.69, 9.17) is 9.47 Å². The van der Waals surface area contributed by atoms with Gasteiger partial charge in [0.1, 0.15) is 11.4 Å². The Labute approximate surface area is 150 Å². The van der Waals surface area contributed by atoms with Crippen LogP contribution in [0.25, 0.3) is 0 Å². The molecule has 1 atom stereocenters. The van der Waals surface area contributed by atoms with Gasteiger partial charge in [0.2, 0.25) is 0 Å². The molecule has 0 radical (unpaired) electrons. The van der Waals surface area contributed by atoms with Crippen molar-refractivity contribution in [3.8, 4) is 5.75 Å². The Morgan fingerprint density at radius 3 is 2.65 bits per heavy atom. The first kappa shape index (κ1) is 20.5. The Hall–Kier alpha value is -1.80. The number of halogens is 3. The summed E-state index contributed by atoms with van der Waals surface area (Å²) in [7, 11) is 0. The Morgan fingerprint density at radius 1 is 1.35 bits per heavy atom.